The standard InChI is InChI=1S/C14H19BrN2O/c1-10(12-2-4-13(15)5-3-12)17-14(18)8-11-6-7-16-9-11/h2-5,10-11,16H,6-9H2,1H3,(H,17,18). The van der Waals surface area contributed by atoms with Gasteiger partial charge < -0.3 is 10.6 Å². The SMILES string of the molecule is CC(NC(=O)CC1CCNC1)c1ccc(Br)cc1. The van der Waals surface area contributed by atoms with E-state index < -0.39 is 0 Å². The van der Waals surface area contributed by atoms with Gasteiger partial charge in [-0.25, -0.2) is 0 Å². The van der Waals surface area contributed by atoms with Crippen LogP contribution in [0.15, 0.2) is 28.7 Å². The highest BCUT2D eigenvalue weighted by atomic mass is 79.9. The van der Waals surface area contributed by atoms with E-state index in [2.05, 4.69) is 26.6 Å². The number of rotatable bonds is 4. The largest absolute Gasteiger partial charge is 0.350 e. The maximum Gasteiger partial charge on any atom is 0.220 e. The summed E-state index contributed by atoms with van der Waals surface area (Å²) in [6.07, 6.45) is 1.74. The minimum atomic E-state index is 0.0694. The Labute approximate surface area is 116 Å². The van der Waals surface area contributed by atoms with Crippen LogP contribution in [0.4, 0.5) is 0 Å². The first-order chi connectivity index (χ1) is 8.65. The second kappa shape index (κ2) is 6.34. The monoisotopic (exact) mass is 310 g/mol. The van der Waals surface area contributed by atoms with E-state index >= 15 is 0 Å². The van der Waals surface area contributed by atoms with Gasteiger partial charge >= 0.3 is 0 Å². The van der Waals surface area contributed by atoms with Crippen LogP contribution in [-0.4, -0.2) is 19.0 Å². The Morgan fingerprint density at radius 2 is 2.22 bits per heavy atom. The molecule has 2 atom stereocenters. The molecule has 0 aliphatic carbocycles. The molecular formula is C14H19BrN2O. The van der Waals surface area contributed by atoms with Gasteiger partial charge in [0.1, 0.15) is 0 Å². The van der Waals surface area contributed by atoms with Crippen molar-refractivity contribution >= 4 is 21.8 Å². The zero-order valence-corrected chi connectivity index (χ0v) is 12.2. The van der Waals surface area contributed by atoms with Gasteiger partial charge in [-0.2, -0.15) is 0 Å². The first-order valence-electron chi connectivity index (χ1n) is 6.40. The summed E-state index contributed by atoms with van der Waals surface area (Å²) in [5.41, 5.74) is 1.14. The van der Waals surface area contributed by atoms with Crippen molar-refractivity contribution in [2.45, 2.75) is 25.8 Å². The third-order valence-corrected chi connectivity index (χ3v) is 3.91. The highest BCUT2D eigenvalue weighted by Gasteiger charge is 2.19. The van der Waals surface area contributed by atoms with E-state index in [9.17, 15) is 4.79 Å². The number of benzene rings is 1. The molecule has 3 nitrogen and oxygen atoms in total. The van der Waals surface area contributed by atoms with Gasteiger partial charge in [-0.15, -0.1) is 0 Å². The number of amides is 1. The van der Waals surface area contributed by atoms with Crippen LogP contribution in [0.5, 0.6) is 0 Å². The number of carbonyl (C=O) groups is 1. The predicted molar refractivity (Wildman–Crippen MR) is 76.3 cm³/mol. The smallest absolute Gasteiger partial charge is 0.220 e. The van der Waals surface area contributed by atoms with E-state index in [1.165, 1.54) is 0 Å². The van der Waals surface area contributed by atoms with Crippen molar-refractivity contribution < 1.29 is 4.79 Å². The summed E-state index contributed by atoms with van der Waals surface area (Å²) in [4.78, 5) is 11.9. The molecule has 1 aromatic carbocycles. The zero-order chi connectivity index (χ0) is 13.0. The van der Waals surface area contributed by atoms with E-state index in [-0.39, 0.29) is 11.9 Å². The van der Waals surface area contributed by atoms with Gasteiger partial charge in [-0.1, -0.05) is 28.1 Å². The molecule has 1 amide bonds. The first kappa shape index (κ1) is 13.6. The quantitative estimate of drug-likeness (QED) is 0.897. The molecular weight excluding hydrogens is 292 g/mol. The summed E-state index contributed by atoms with van der Waals surface area (Å²) < 4.78 is 1.06. The fraction of sp³-hybridized carbons (Fsp3) is 0.500. The molecule has 18 heavy (non-hydrogen) atoms. The van der Waals surface area contributed by atoms with Crippen LogP contribution in [0.1, 0.15) is 31.4 Å². The summed E-state index contributed by atoms with van der Waals surface area (Å²) in [7, 11) is 0. The molecule has 1 aliphatic heterocycles. The van der Waals surface area contributed by atoms with Gasteiger partial charge in [0.05, 0.1) is 6.04 Å². The third kappa shape index (κ3) is 3.82. The van der Waals surface area contributed by atoms with E-state index in [1.807, 2.05) is 31.2 Å². The number of carbonyl (C=O) groups excluding carboxylic acids is 1. The van der Waals surface area contributed by atoms with Crippen LogP contribution in [0.2, 0.25) is 0 Å². The highest BCUT2D eigenvalue weighted by molar-refractivity contribution is 9.10. The molecule has 0 aromatic heterocycles. The molecule has 2 unspecified atom stereocenters. The fourth-order valence-electron chi connectivity index (χ4n) is 2.29. The van der Waals surface area contributed by atoms with Gasteiger partial charge in [0, 0.05) is 10.9 Å². The van der Waals surface area contributed by atoms with Crippen LogP contribution >= 0.6 is 15.9 Å². The Kier molecular flexibility index (Phi) is 4.78. The van der Waals surface area contributed by atoms with Gasteiger partial charge in [-0.3, -0.25) is 4.79 Å². The lowest BCUT2D eigenvalue weighted by molar-refractivity contribution is -0.122. The summed E-state index contributed by atoms with van der Waals surface area (Å²) in [5, 5.41) is 6.34. The Balaban J connectivity index is 1.84. The molecule has 0 bridgehead atoms. The molecule has 1 aromatic rings. The topological polar surface area (TPSA) is 41.1 Å². The van der Waals surface area contributed by atoms with Crippen LogP contribution in [0.25, 0.3) is 0 Å². The molecule has 1 saturated heterocycles. The fourth-order valence-corrected chi connectivity index (χ4v) is 2.55. The Morgan fingerprint density at radius 3 is 2.83 bits per heavy atom. The van der Waals surface area contributed by atoms with Gasteiger partial charge in [-0.05, 0) is 50.0 Å². The maximum atomic E-state index is 11.9. The predicted octanol–water partition coefficient (Wildman–Crippen LogP) is 2.63. The molecule has 0 spiro atoms. The van der Waals surface area contributed by atoms with Crippen molar-refractivity contribution in [2.24, 2.45) is 5.92 Å². The normalized spacial score (nSPS) is 20.7. The van der Waals surface area contributed by atoms with E-state index in [4.69, 9.17) is 0 Å². The number of hydrogen-bond donors (Lipinski definition) is 2. The number of nitrogens with one attached hydrogen (secondary N) is 2. The summed E-state index contributed by atoms with van der Waals surface area (Å²) in [5.74, 6) is 0.654. The highest BCUT2D eigenvalue weighted by Crippen LogP contribution is 2.17. The van der Waals surface area contributed by atoms with E-state index in [1.54, 1.807) is 0 Å². The minimum Gasteiger partial charge on any atom is -0.350 e. The maximum absolute atomic E-state index is 11.9. The van der Waals surface area contributed by atoms with Crippen LogP contribution < -0.4 is 10.6 Å². The van der Waals surface area contributed by atoms with Crippen LogP contribution in [0, 0.1) is 5.92 Å². The second-order valence-corrected chi connectivity index (χ2v) is 5.82. The molecule has 2 rings (SSSR count). The van der Waals surface area contributed by atoms with E-state index in [0.29, 0.717) is 12.3 Å². The molecule has 0 radical (unpaired) electrons. The first-order valence-corrected chi connectivity index (χ1v) is 7.20. The van der Waals surface area contributed by atoms with Crippen molar-refractivity contribution in [3.63, 3.8) is 0 Å². The lowest BCUT2D eigenvalue weighted by Crippen LogP contribution is -2.28. The number of hydrogen-bond acceptors (Lipinski definition) is 2. The molecule has 4 heteroatoms. The van der Waals surface area contributed by atoms with Crippen molar-refractivity contribution in [2.75, 3.05) is 13.1 Å². The lowest BCUT2D eigenvalue weighted by Gasteiger charge is -2.16. The number of halogens is 1. The molecule has 2 N–H and O–H groups in total. The summed E-state index contributed by atoms with van der Waals surface area (Å²) in [6, 6.07) is 8.13. The third-order valence-electron chi connectivity index (χ3n) is 3.38. The summed E-state index contributed by atoms with van der Waals surface area (Å²) in [6.45, 7) is 4.04. The molecule has 98 valence electrons. The average Bonchev–Trinajstić information content (AvgIpc) is 2.82. The van der Waals surface area contributed by atoms with Crippen molar-refractivity contribution in [1.82, 2.24) is 10.6 Å². The van der Waals surface area contributed by atoms with Gasteiger partial charge in [0.15, 0.2) is 0 Å². The van der Waals surface area contributed by atoms with Gasteiger partial charge in [0.2, 0.25) is 5.91 Å². The molecule has 1 fully saturated rings. The molecule has 1 aliphatic rings. The van der Waals surface area contributed by atoms with Crippen molar-refractivity contribution in [3.8, 4) is 0 Å². The minimum absolute atomic E-state index is 0.0694. The average molecular weight is 311 g/mol. The van der Waals surface area contributed by atoms with E-state index in [0.717, 1.165) is 29.5 Å². The van der Waals surface area contributed by atoms with Crippen molar-refractivity contribution in [1.29, 1.82) is 0 Å². The zero-order valence-electron chi connectivity index (χ0n) is 10.6. The van der Waals surface area contributed by atoms with Crippen LogP contribution in [0.3, 0.4) is 0 Å². The molecule has 1 heterocycles. The Bertz CT molecular complexity index is 399. The summed E-state index contributed by atoms with van der Waals surface area (Å²) >= 11 is 3.41. The Hall–Kier alpha value is -0.870. The lowest BCUT2D eigenvalue weighted by atomic mass is 10.0. The van der Waals surface area contributed by atoms with Gasteiger partial charge in [0.25, 0.3) is 0 Å². The Morgan fingerprint density at radius 1 is 1.50 bits per heavy atom. The second-order valence-electron chi connectivity index (χ2n) is 4.90. The molecule has 0 saturated carbocycles. The van der Waals surface area contributed by atoms with Crippen molar-refractivity contribution in [3.05, 3.63) is 34.3 Å². The van der Waals surface area contributed by atoms with Crippen LogP contribution in [-0.2, 0) is 4.79 Å².